The van der Waals surface area contributed by atoms with Crippen LogP contribution in [0.2, 0.25) is 0 Å². The highest BCUT2D eigenvalue weighted by Crippen LogP contribution is 2.29. The van der Waals surface area contributed by atoms with E-state index in [0.717, 1.165) is 18.4 Å². The predicted molar refractivity (Wildman–Crippen MR) is 84.0 cm³/mol. The van der Waals surface area contributed by atoms with Crippen molar-refractivity contribution in [2.75, 3.05) is 19.7 Å². The van der Waals surface area contributed by atoms with Crippen LogP contribution in [-0.4, -0.2) is 47.7 Å². The van der Waals surface area contributed by atoms with Crippen molar-refractivity contribution in [3.05, 3.63) is 35.9 Å². The summed E-state index contributed by atoms with van der Waals surface area (Å²) in [5.74, 6) is -1.28. The van der Waals surface area contributed by atoms with Gasteiger partial charge in [0.1, 0.15) is 6.10 Å². The van der Waals surface area contributed by atoms with Crippen LogP contribution in [0.1, 0.15) is 30.9 Å². The van der Waals surface area contributed by atoms with Crippen LogP contribution in [0.5, 0.6) is 0 Å². The summed E-state index contributed by atoms with van der Waals surface area (Å²) in [6, 6.07) is 9.59. The fourth-order valence-electron chi connectivity index (χ4n) is 3.32. The Bertz CT molecular complexity index is 563. The van der Waals surface area contributed by atoms with Crippen molar-refractivity contribution >= 4 is 12.0 Å². The van der Waals surface area contributed by atoms with Gasteiger partial charge in [-0.05, 0) is 24.8 Å². The SMILES string of the molecule is O=C(O)[C@H]1CCCN(C(=O)N[C@@H]2CCO[C@H]2c2ccccc2)C1. The molecule has 3 rings (SSSR count). The zero-order valence-corrected chi connectivity index (χ0v) is 13.0. The number of amides is 2. The first-order valence-corrected chi connectivity index (χ1v) is 8.10. The van der Waals surface area contributed by atoms with E-state index in [1.54, 1.807) is 4.90 Å². The maximum atomic E-state index is 12.5. The topological polar surface area (TPSA) is 78.9 Å². The van der Waals surface area contributed by atoms with E-state index in [1.165, 1.54) is 0 Å². The van der Waals surface area contributed by atoms with E-state index >= 15 is 0 Å². The summed E-state index contributed by atoms with van der Waals surface area (Å²) >= 11 is 0. The first-order chi connectivity index (χ1) is 11.1. The molecule has 0 saturated carbocycles. The average molecular weight is 318 g/mol. The molecule has 2 heterocycles. The summed E-state index contributed by atoms with van der Waals surface area (Å²) in [4.78, 5) is 25.2. The number of carboxylic acid groups (broad SMARTS) is 1. The number of carbonyl (C=O) groups excluding carboxylic acids is 1. The molecule has 0 aliphatic carbocycles. The number of carboxylic acids is 1. The van der Waals surface area contributed by atoms with Gasteiger partial charge in [-0.3, -0.25) is 4.79 Å². The summed E-state index contributed by atoms with van der Waals surface area (Å²) < 4.78 is 5.77. The van der Waals surface area contributed by atoms with E-state index in [-0.39, 0.29) is 24.7 Å². The molecule has 2 N–H and O–H groups in total. The molecule has 6 heteroatoms. The zero-order valence-electron chi connectivity index (χ0n) is 13.0. The number of benzene rings is 1. The van der Waals surface area contributed by atoms with Gasteiger partial charge in [0.15, 0.2) is 0 Å². The number of nitrogens with zero attached hydrogens (tertiary/aromatic N) is 1. The Hall–Kier alpha value is -2.08. The molecular weight excluding hydrogens is 296 g/mol. The molecule has 6 nitrogen and oxygen atoms in total. The first kappa shape index (κ1) is 15.8. The zero-order chi connectivity index (χ0) is 16.2. The minimum Gasteiger partial charge on any atom is -0.481 e. The highest BCUT2D eigenvalue weighted by molar-refractivity contribution is 5.77. The number of likely N-dealkylation sites (tertiary alicyclic amines) is 1. The predicted octanol–water partition coefficient (Wildman–Crippen LogP) is 2.02. The number of nitrogens with one attached hydrogen (secondary N) is 1. The molecule has 0 bridgehead atoms. The monoisotopic (exact) mass is 318 g/mol. The number of ether oxygens (including phenoxy) is 1. The summed E-state index contributed by atoms with van der Waals surface area (Å²) in [6.45, 7) is 1.51. The number of rotatable bonds is 3. The second-order valence-corrected chi connectivity index (χ2v) is 6.17. The van der Waals surface area contributed by atoms with Crippen molar-refractivity contribution in [1.82, 2.24) is 10.2 Å². The normalized spacial score (nSPS) is 27.7. The molecule has 2 amide bonds. The van der Waals surface area contributed by atoms with Crippen molar-refractivity contribution in [2.45, 2.75) is 31.4 Å². The van der Waals surface area contributed by atoms with E-state index in [9.17, 15) is 9.59 Å². The largest absolute Gasteiger partial charge is 0.481 e. The minimum atomic E-state index is -0.825. The van der Waals surface area contributed by atoms with E-state index in [2.05, 4.69) is 5.32 Å². The van der Waals surface area contributed by atoms with Crippen LogP contribution in [0.3, 0.4) is 0 Å². The molecule has 0 radical (unpaired) electrons. The highest BCUT2D eigenvalue weighted by atomic mass is 16.5. The summed E-state index contributed by atoms with van der Waals surface area (Å²) in [5.41, 5.74) is 1.05. The molecule has 0 spiro atoms. The molecule has 124 valence electrons. The third-order valence-electron chi connectivity index (χ3n) is 4.59. The van der Waals surface area contributed by atoms with E-state index in [1.807, 2.05) is 30.3 Å². The van der Waals surface area contributed by atoms with Gasteiger partial charge in [-0.15, -0.1) is 0 Å². The number of hydrogen-bond acceptors (Lipinski definition) is 3. The molecule has 2 aliphatic rings. The Balaban J connectivity index is 1.62. The quantitative estimate of drug-likeness (QED) is 0.894. The Morgan fingerprint density at radius 1 is 1.22 bits per heavy atom. The van der Waals surface area contributed by atoms with Crippen molar-refractivity contribution < 1.29 is 19.4 Å². The van der Waals surface area contributed by atoms with Gasteiger partial charge >= 0.3 is 12.0 Å². The van der Waals surface area contributed by atoms with Crippen LogP contribution >= 0.6 is 0 Å². The molecule has 0 aromatic heterocycles. The lowest BCUT2D eigenvalue weighted by molar-refractivity contribution is -0.143. The number of urea groups is 1. The molecule has 2 saturated heterocycles. The van der Waals surface area contributed by atoms with Gasteiger partial charge in [-0.2, -0.15) is 0 Å². The number of carbonyl (C=O) groups is 2. The maximum absolute atomic E-state index is 12.5. The molecule has 23 heavy (non-hydrogen) atoms. The lowest BCUT2D eigenvalue weighted by atomic mass is 9.98. The molecule has 1 aromatic carbocycles. The van der Waals surface area contributed by atoms with E-state index in [4.69, 9.17) is 9.84 Å². The third-order valence-corrected chi connectivity index (χ3v) is 4.59. The Morgan fingerprint density at radius 2 is 2.00 bits per heavy atom. The third kappa shape index (κ3) is 3.64. The lowest BCUT2D eigenvalue weighted by Gasteiger charge is -2.32. The Kier molecular flexibility index (Phi) is 4.81. The minimum absolute atomic E-state index is 0.0740. The van der Waals surface area contributed by atoms with Crippen LogP contribution in [0.4, 0.5) is 4.79 Å². The molecule has 1 aromatic rings. The van der Waals surface area contributed by atoms with Gasteiger partial charge < -0.3 is 20.1 Å². The van der Waals surface area contributed by atoms with Crippen molar-refractivity contribution in [3.8, 4) is 0 Å². The van der Waals surface area contributed by atoms with Gasteiger partial charge in [0.25, 0.3) is 0 Å². The van der Waals surface area contributed by atoms with Crippen LogP contribution < -0.4 is 5.32 Å². The smallest absolute Gasteiger partial charge is 0.317 e. The van der Waals surface area contributed by atoms with Gasteiger partial charge in [0.05, 0.1) is 12.0 Å². The maximum Gasteiger partial charge on any atom is 0.317 e. The van der Waals surface area contributed by atoms with Gasteiger partial charge in [-0.1, -0.05) is 30.3 Å². The lowest BCUT2D eigenvalue weighted by Crippen LogP contribution is -2.50. The second kappa shape index (κ2) is 7.00. The van der Waals surface area contributed by atoms with Crippen LogP contribution in [0.15, 0.2) is 30.3 Å². The van der Waals surface area contributed by atoms with Gasteiger partial charge in [0.2, 0.25) is 0 Å². The fourth-order valence-corrected chi connectivity index (χ4v) is 3.32. The Labute approximate surface area is 135 Å². The molecular formula is C17H22N2O4. The fraction of sp³-hybridized carbons (Fsp3) is 0.529. The summed E-state index contributed by atoms with van der Waals surface area (Å²) in [5, 5.41) is 12.2. The van der Waals surface area contributed by atoms with Crippen LogP contribution in [-0.2, 0) is 9.53 Å². The molecule has 3 atom stereocenters. The highest BCUT2D eigenvalue weighted by Gasteiger charge is 2.34. The molecule has 2 fully saturated rings. The average Bonchev–Trinajstić information content (AvgIpc) is 3.04. The van der Waals surface area contributed by atoms with Crippen molar-refractivity contribution in [2.24, 2.45) is 5.92 Å². The molecule has 0 unspecified atom stereocenters. The first-order valence-electron chi connectivity index (χ1n) is 8.10. The van der Waals surface area contributed by atoms with Gasteiger partial charge in [-0.25, -0.2) is 4.79 Å². The Morgan fingerprint density at radius 3 is 2.74 bits per heavy atom. The van der Waals surface area contributed by atoms with Crippen molar-refractivity contribution in [1.29, 1.82) is 0 Å². The summed E-state index contributed by atoms with van der Waals surface area (Å²) in [6.07, 6.45) is 1.99. The van der Waals surface area contributed by atoms with E-state index < -0.39 is 11.9 Å². The second-order valence-electron chi connectivity index (χ2n) is 6.17. The van der Waals surface area contributed by atoms with E-state index in [0.29, 0.717) is 19.6 Å². The summed E-state index contributed by atoms with van der Waals surface area (Å²) in [7, 11) is 0. The van der Waals surface area contributed by atoms with Crippen LogP contribution in [0.25, 0.3) is 0 Å². The van der Waals surface area contributed by atoms with Crippen LogP contribution in [0, 0.1) is 5.92 Å². The standard InChI is InChI=1S/C17H22N2O4/c20-16(21)13-7-4-9-19(11-13)17(22)18-14-8-10-23-15(14)12-5-2-1-3-6-12/h1-3,5-6,13-15H,4,7-11H2,(H,18,22)(H,20,21)/t13-,14+,15-/m0/s1. The van der Waals surface area contributed by atoms with Crippen molar-refractivity contribution in [3.63, 3.8) is 0 Å². The molecule has 2 aliphatic heterocycles. The van der Waals surface area contributed by atoms with Gasteiger partial charge in [0, 0.05) is 19.7 Å². The number of piperidine rings is 1. The number of hydrogen-bond donors (Lipinski definition) is 2. The number of aliphatic carboxylic acids is 1.